The summed E-state index contributed by atoms with van der Waals surface area (Å²) >= 11 is 1.84. The van der Waals surface area contributed by atoms with Gasteiger partial charge in [-0.2, -0.15) is 0 Å². The third kappa shape index (κ3) is 5.87. The molecular formula is C53H39N3OS. The molecule has 0 fully saturated rings. The molecule has 278 valence electrons. The van der Waals surface area contributed by atoms with E-state index in [1.807, 2.05) is 17.4 Å². The highest BCUT2D eigenvalue weighted by molar-refractivity contribution is 7.26. The van der Waals surface area contributed by atoms with Crippen LogP contribution in [0.2, 0.25) is 0 Å². The van der Waals surface area contributed by atoms with Crippen LogP contribution < -0.4 is 10.2 Å². The Kier molecular flexibility index (Phi) is 8.42. The minimum atomic E-state index is -0.00880. The predicted octanol–water partition coefficient (Wildman–Crippen LogP) is 14.4. The Morgan fingerprint density at radius 1 is 0.534 bits per heavy atom. The highest BCUT2D eigenvalue weighted by Crippen LogP contribution is 2.48. The second kappa shape index (κ2) is 14.2. The Morgan fingerprint density at radius 2 is 1.21 bits per heavy atom. The van der Waals surface area contributed by atoms with Gasteiger partial charge in [-0.3, -0.25) is 4.90 Å². The fourth-order valence-corrected chi connectivity index (χ4v) is 9.86. The molecule has 0 amide bonds. The molecule has 2 atom stereocenters. The van der Waals surface area contributed by atoms with E-state index < -0.39 is 0 Å². The maximum atomic E-state index is 6.63. The average Bonchev–Trinajstić information content (AvgIpc) is 3.87. The molecule has 4 nitrogen and oxygen atoms in total. The smallest absolute Gasteiger partial charge is 0.159 e. The van der Waals surface area contributed by atoms with Crippen molar-refractivity contribution in [1.29, 1.82) is 0 Å². The van der Waals surface area contributed by atoms with E-state index in [9.17, 15) is 0 Å². The Hall–Kier alpha value is -6.92. The second-order valence-corrected chi connectivity index (χ2v) is 16.1. The summed E-state index contributed by atoms with van der Waals surface area (Å²) in [4.78, 5) is 4.79. The highest BCUT2D eigenvalue weighted by Gasteiger charge is 2.30. The van der Waals surface area contributed by atoms with Crippen LogP contribution in [0.1, 0.15) is 28.9 Å². The standard InChI is InChI=1S/C53H39N3OS/c1-55-47(37-17-7-3-8-18-37)34-44(36-15-5-2-6-16-36)54-53(55)38-29-27-35(28-30-38)39-31-32-49-43(33-39)51-45(23-14-26-50(51)58-49)56(40-19-9-4-10-20-40)46-24-13-22-42-41-21-11-12-25-48(41)57-52(42)46/h2-34,47,53-54H,1H3. The molecular weight excluding hydrogens is 727 g/mol. The van der Waals surface area contributed by atoms with Crippen LogP contribution in [0.15, 0.2) is 205 Å². The topological polar surface area (TPSA) is 31.6 Å². The van der Waals surface area contributed by atoms with Crippen molar-refractivity contribution in [2.24, 2.45) is 0 Å². The molecule has 1 aliphatic rings. The second-order valence-electron chi connectivity index (χ2n) is 15.0. The number of nitrogens with zero attached hydrogens (tertiary/aromatic N) is 2. The van der Waals surface area contributed by atoms with Gasteiger partial charge in [0.2, 0.25) is 0 Å². The first kappa shape index (κ1) is 34.3. The van der Waals surface area contributed by atoms with Gasteiger partial charge in [-0.15, -0.1) is 11.3 Å². The first-order chi connectivity index (χ1) is 28.7. The number of likely N-dealkylation sites (N-methyl/N-ethyl adjacent to an activating group) is 1. The molecule has 1 aliphatic heterocycles. The number of thiophene rings is 1. The van der Waals surface area contributed by atoms with Gasteiger partial charge >= 0.3 is 0 Å². The maximum Gasteiger partial charge on any atom is 0.159 e. The van der Waals surface area contributed by atoms with Crippen molar-refractivity contribution in [2.75, 3.05) is 11.9 Å². The minimum Gasteiger partial charge on any atom is -0.454 e. The van der Waals surface area contributed by atoms with Gasteiger partial charge in [0.15, 0.2) is 5.58 Å². The summed E-state index contributed by atoms with van der Waals surface area (Å²) in [7, 11) is 2.21. The summed E-state index contributed by atoms with van der Waals surface area (Å²) in [6.07, 6.45) is 2.34. The van der Waals surface area contributed by atoms with E-state index in [0.717, 1.165) is 44.7 Å². The minimum absolute atomic E-state index is 0.00880. The molecule has 0 radical (unpaired) electrons. The molecule has 3 heterocycles. The van der Waals surface area contributed by atoms with E-state index in [0.29, 0.717) is 0 Å². The van der Waals surface area contributed by atoms with Crippen LogP contribution in [0.3, 0.4) is 0 Å². The van der Waals surface area contributed by atoms with E-state index in [4.69, 9.17) is 4.42 Å². The summed E-state index contributed by atoms with van der Waals surface area (Å²) in [6.45, 7) is 0. The molecule has 5 heteroatoms. The summed E-state index contributed by atoms with van der Waals surface area (Å²) in [6, 6.07) is 69.7. The van der Waals surface area contributed by atoms with E-state index in [1.54, 1.807) is 0 Å². The number of rotatable bonds is 7. The van der Waals surface area contributed by atoms with Crippen LogP contribution in [0.5, 0.6) is 0 Å². The van der Waals surface area contributed by atoms with Gasteiger partial charge in [-0.1, -0.05) is 146 Å². The van der Waals surface area contributed by atoms with Gasteiger partial charge in [0.1, 0.15) is 11.7 Å². The van der Waals surface area contributed by atoms with E-state index >= 15 is 0 Å². The number of para-hydroxylation sites is 3. The average molecular weight is 766 g/mol. The van der Waals surface area contributed by atoms with Crippen LogP contribution in [0.25, 0.3) is 58.9 Å². The molecule has 0 bridgehead atoms. The van der Waals surface area contributed by atoms with Crippen LogP contribution in [0, 0.1) is 0 Å². The molecule has 0 saturated heterocycles. The van der Waals surface area contributed by atoms with E-state index in [2.05, 4.69) is 216 Å². The van der Waals surface area contributed by atoms with Crippen molar-refractivity contribution in [3.8, 4) is 11.1 Å². The fourth-order valence-electron chi connectivity index (χ4n) is 8.76. The summed E-state index contributed by atoms with van der Waals surface area (Å²) in [5, 5.41) is 8.59. The monoisotopic (exact) mass is 765 g/mol. The Bertz CT molecular complexity index is 3120. The Labute approximate surface area is 341 Å². The van der Waals surface area contributed by atoms with Gasteiger partial charge in [0, 0.05) is 42.3 Å². The lowest BCUT2D eigenvalue weighted by molar-refractivity contribution is 0.176. The molecule has 8 aromatic carbocycles. The SMILES string of the molecule is CN1C(c2ccccc2)C=C(c2ccccc2)NC1c1ccc(-c2ccc3sc4cccc(N(c5ccccc5)c5cccc6c5oc5ccccc56)c4c3c2)cc1. The van der Waals surface area contributed by atoms with Gasteiger partial charge in [0.05, 0.1) is 17.4 Å². The van der Waals surface area contributed by atoms with E-state index in [1.165, 1.54) is 48.0 Å². The summed E-state index contributed by atoms with van der Waals surface area (Å²) < 4.78 is 9.14. The van der Waals surface area contributed by atoms with Crippen LogP contribution in [0.4, 0.5) is 17.1 Å². The van der Waals surface area contributed by atoms with Crippen molar-refractivity contribution in [3.05, 3.63) is 217 Å². The van der Waals surface area contributed by atoms with Crippen LogP contribution in [-0.4, -0.2) is 11.9 Å². The van der Waals surface area contributed by atoms with Gasteiger partial charge in [-0.05, 0) is 89.5 Å². The quantitative estimate of drug-likeness (QED) is 0.175. The normalized spacial score (nSPS) is 15.8. The third-order valence-electron chi connectivity index (χ3n) is 11.6. The van der Waals surface area contributed by atoms with Crippen molar-refractivity contribution in [3.63, 3.8) is 0 Å². The zero-order valence-corrected chi connectivity index (χ0v) is 32.7. The van der Waals surface area contributed by atoms with Gasteiger partial charge in [-0.25, -0.2) is 0 Å². The third-order valence-corrected chi connectivity index (χ3v) is 12.7. The number of hydrogen-bond donors (Lipinski definition) is 1. The number of hydrogen-bond acceptors (Lipinski definition) is 5. The van der Waals surface area contributed by atoms with Gasteiger partial charge in [0.25, 0.3) is 0 Å². The van der Waals surface area contributed by atoms with Crippen molar-refractivity contribution >= 4 is 76.2 Å². The predicted molar refractivity (Wildman–Crippen MR) is 244 cm³/mol. The fraction of sp³-hybridized carbons (Fsp3) is 0.0566. The maximum absolute atomic E-state index is 6.63. The molecule has 2 unspecified atom stereocenters. The van der Waals surface area contributed by atoms with Crippen molar-refractivity contribution in [2.45, 2.75) is 12.2 Å². The molecule has 2 aromatic heterocycles. The Morgan fingerprint density at radius 3 is 2.02 bits per heavy atom. The first-order valence-electron chi connectivity index (χ1n) is 19.8. The number of anilines is 3. The molecule has 11 rings (SSSR count). The van der Waals surface area contributed by atoms with Crippen LogP contribution >= 0.6 is 11.3 Å². The highest BCUT2D eigenvalue weighted by atomic mass is 32.1. The molecule has 1 N–H and O–H groups in total. The van der Waals surface area contributed by atoms with Gasteiger partial charge < -0.3 is 14.6 Å². The molecule has 0 saturated carbocycles. The summed E-state index contributed by atoms with van der Waals surface area (Å²) in [5.74, 6) is 0. The van der Waals surface area contributed by atoms with Crippen LogP contribution in [-0.2, 0) is 0 Å². The molecule has 0 aliphatic carbocycles. The number of furan rings is 1. The molecule has 0 spiro atoms. The first-order valence-corrected chi connectivity index (χ1v) is 20.6. The molecule has 10 aromatic rings. The zero-order valence-electron chi connectivity index (χ0n) is 31.9. The number of benzene rings is 8. The zero-order chi connectivity index (χ0) is 38.6. The lowest BCUT2D eigenvalue weighted by Gasteiger charge is -2.40. The van der Waals surface area contributed by atoms with E-state index in [-0.39, 0.29) is 12.2 Å². The largest absolute Gasteiger partial charge is 0.454 e. The lowest BCUT2D eigenvalue weighted by Crippen LogP contribution is -2.41. The Balaban J connectivity index is 1.00. The molecule has 58 heavy (non-hydrogen) atoms. The lowest BCUT2D eigenvalue weighted by atomic mass is 9.95. The number of fused-ring (bicyclic) bond motifs is 6. The number of nitrogens with one attached hydrogen (secondary N) is 1. The van der Waals surface area contributed by atoms with Crippen molar-refractivity contribution < 1.29 is 4.42 Å². The summed E-state index contributed by atoms with van der Waals surface area (Å²) in [5.41, 5.74) is 12.2. The van der Waals surface area contributed by atoms with Crippen molar-refractivity contribution in [1.82, 2.24) is 10.2 Å².